The number of aromatic hydroxyl groups is 2. The quantitative estimate of drug-likeness (QED) is 0.592. The van der Waals surface area contributed by atoms with Gasteiger partial charge in [0.1, 0.15) is 0 Å². The van der Waals surface area contributed by atoms with Gasteiger partial charge in [0.15, 0.2) is 0 Å². The van der Waals surface area contributed by atoms with Crippen LogP contribution in [0.25, 0.3) is 6.08 Å². The third-order valence-corrected chi connectivity index (χ3v) is 4.78. The predicted octanol–water partition coefficient (Wildman–Crippen LogP) is 2.33. The zero-order valence-electron chi connectivity index (χ0n) is 12.6. The number of carbonyl (C=O) groups excluding carboxylic acids is 1. The number of carbonyl (C=O) groups is 1. The van der Waals surface area contributed by atoms with E-state index in [4.69, 9.17) is 11.6 Å². The number of likely N-dealkylation sites (N-methyl/N-ethyl adjacent to an activating group) is 1. The molecule has 1 saturated heterocycles. The van der Waals surface area contributed by atoms with Gasteiger partial charge in [-0.1, -0.05) is 0 Å². The van der Waals surface area contributed by atoms with Crippen molar-refractivity contribution >= 4 is 49.5 Å². The maximum absolute atomic E-state index is 12.8. The number of phenols is 2. The SMILES string of the molecule is CN1C(=[Se])N(c2ccc(Cl)cc2)C(=O)C1=Cc1cc(O)cc(O)c1. The number of nitrogens with zero attached hydrogens (tertiary/aromatic N) is 2. The van der Waals surface area contributed by atoms with Crippen molar-refractivity contribution in [3.63, 3.8) is 0 Å². The third-order valence-electron chi connectivity index (χ3n) is 3.57. The van der Waals surface area contributed by atoms with Crippen molar-refractivity contribution in [2.24, 2.45) is 0 Å². The Morgan fingerprint density at radius 1 is 1.08 bits per heavy atom. The Kier molecular flexibility index (Phi) is 4.37. The molecule has 0 aliphatic carbocycles. The zero-order chi connectivity index (χ0) is 17.4. The fourth-order valence-electron chi connectivity index (χ4n) is 2.43. The monoisotopic (exact) mass is 408 g/mol. The first-order valence-electron chi connectivity index (χ1n) is 6.99. The molecule has 3 rings (SSSR count). The summed E-state index contributed by atoms with van der Waals surface area (Å²) in [4.78, 5) is 16.0. The molecule has 1 heterocycles. The summed E-state index contributed by atoms with van der Waals surface area (Å²) >= 11 is 8.79. The van der Waals surface area contributed by atoms with Gasteiger partial charge in [0.2, 0.25) is 0 Å². The van der Waals surface area contributed by atoms with Crippen molar-refractivity contribution in [3.05, 3.63) is 58.7 Å². The zero-order valence-corrected chi connectivity index (χ0v) is 15.1. The Morgan fingerprint density at radius 3 is 2.25 bits per heavy atom. The molecule has 0 saturated carbocycles. The second-order valence-electron chi connectivity index (χ2n) is 5.27. The Balaban J connectivity index is 2.01. The molecule has 2 N–H and O–H groups in total. The van der Waals surface area contributed by atoms with Crippen molar-refractivity contribution in [2.45, 2.75) is 0 Å². The van der Waals surface area contributed by atoms with E-state index < -0.39 is 0 Å². The number of hydrogen-bond acceptors (Lipinski definition) is 4. The molecule has 2 aromatic carbocycles. The van der Waals surface area contributed by atoms with Crippen LogP contribution in [0.4, 0.5) is 5.69 Å². The second kappa shape index (κ2) is 6.32. The molecule has 0 radical (unpaired) electrons. The number of phenolic OH excluding ortho intramolecular Hbond substituents is 2. The summed E-state index contributed by atoms with van der Waals surface area (Å²) in [7, 11) is 1.76. The Hall–Kier alpha value is -2.27. The summed E-state index contributed by atoms with van der Waals surface area (Å²) in [5.74, 6) is -0.370. The van der Waals surface area contributed by atoms with Crippen LogP contribution in [-0.2, 0) is 4.79 Å². The van der Waals surface area contributed by atoms with Gasteiger partial charge in [0.25, 0.3) is 0 Å². The minimum atomic E-state index is -0.226. The van der Waals surface area contributed by atoms with Crippen LogP contribution in [0.15, 0.2) is 48.2 Å². The molecule has 0 spiro atoms. The topological polar surface area (TPSA) is 64.0 Å². The van der Waals surface area contributed by atoms with Gasteiger partial charge < -0.3 is 0 Å². The van der Waals surface area contributed by atoms with E-state index in [0.29, 0.717) is 26.6 Å². The van der Waals surface area contributed by atoms with E-state index in [1.165, 1.54) is 23.1 Å². The number of halogens is 1. The average Bonchev–Trinajstić information content (AvgIpc) is 2.71. The molecule has 0 bridgehead atoms. The minimum absolute atomic E-state index is 0.0724. The Bertz CT molecular complexity index is 844. The molecule has 1 aliphatic heterocycles. The molecule has 0 atom stereocenters. The van der Waals surface area contributed by atoms with E-state index in [1.807, 2.05) is 0 Å². The third kappa shape index (κ3) is 3.04. The van der Waals surface area contributed by atoms with Crippen molar-refractivity contribution < 1.29 is 15.0 Å². The van der Waals surface area contributed by atoms with Gasteiger partial charge in [-0.2, -0.15) is 0 Å². The molecule has 1 fully saturated rings. The number of rotatable bonds is 2. The van der Waals surface area contributed by atoms with Gasteiger partial charge in [-0.3, -0.25) is 0 Å². The van der Waals surface area contributed by atoms with Crippen LogP contribution >= 0.6 is 11.6 Å². The van der Waals surface area contributed by atoms with E-state index in [0.717, 1.165) is 0 Å². The summed E-state index contributed by atoms with van der Waals surface area (Å²) in [6, 6.07) is 11.1. The normalized spacial score (nSPS) is 16.3. The predicted molar refractivity (Wildman–Crippen MR) is 95.2 cm³/mol. The summed E-state index contributed by atoms with van der Waals surface area (Å²) in [5.41, 5.74) is 1.62. The summed E-state index contributed by atoms with van der Waals surface area (Å²) < 4.78 is 0.623. The first-order valence-corrected chi connectivity index (χ1v) is 8.22. The van der Waals surface area contributed by atoms with E-state index in [2.05, 4.69) is 15.6 Å². The first kappa shape index (κ1) is 16.6. The molecule has 2 aromatic rings. The van der Waals surface area contributed by atoms with Crippen LogP contribution in [-0.4, -0.2) is 48.3 Å². The second-order valence-corrected chi connectivity index (χ2v) is 6.47. The van der Waals surface area contributed by atoms with Gasteiger partial charge in [-0.15, -0.1) is 0 Å². The fraction of sp³-hybridized carbons (Fsp3) is 0.0588. The number of amides is 1. The molecular formula is C17H13ClN2O3Se. The molecule has 24 heavy (non-hydrogen) atoms. The summed E-state index contributed by atoms with van der Waals surface area (Å²) in [6.07, 6.45) is 1.61. The van der Waals surface area contributed by atoms with Crippen LogP contribution in [0, 0.1) is 0 Å². The standard InChI is InChI=1S/C17H13ClN2O3Se/c1-19-15(8-10-6-13(21)9-14(22)7-10)16(23)20(17(19)24)12-4-2-11(18)3-5-12/h2-9,21-22H,1H3. The van der Waals surface area contributed by atoms with Crippen molar-refractivity contribution in [1.82, 2.24) is 4.90 Å². The van der Waals surface area contributed by atoms with E-state index in [1.54, 1.807) is 42.3 Å². The first-order chi connectivity index (χ1) is 11.4. The van der Waals surface area contributed by atoms with Crippen molar-refractivity contribution in [2.75, 3.05) is 11.9 Å². The molecule has 5 nitrogen and oxygen atoms in total. The molecule has 0 unspecified atom stereocenters. The number of anilines is 1. The molecule has 1 aliphatic rings. The summed E-state index contributed by atoms with van der Waals surface area (Å²) in [5, 5.41) is 19.8. The molecule has 0 aromatic heterocycles. The van der Waals surface area contributed by atoms with Crippen LogP contribution < -0.4 is 4.90 Å². The van der Waals surface area contributed by atoms with Gasteiger partial charge >= 0.3 is 152 Å². The van der Waals surface area contributed by atoms with Crippen LogP contribution in [0.5, 0.6) is 11.5 Å². The van der Waals surface area contributed by atoms with E-state index in [9.17, 15) is 15.0 Å². The van der Waals surface area contributed by atoms with E-state index in [-0.39, 0.29) is 17.4 Å². The molecular weight excluding hydrogens is 395 g/mol. The molecule has 1 amide bonds. The number of hydrogen-bond donors (Lipinski definition) is 2. The van der Waals surface area contributed by atoms with Crippen LogP contribution in [0.1, 0.15) is 5.56 Å². The summed E-state index contributed by atoms with van der Waals surface area (Å²) in [6.45, 7) is 0. The van der Waals surface area contributed by atoms with Gasteiger partial charge in [0.05, 0.1) is 0 Å². The van der Waals surface area contributed by atoms with Crippen LogP contribution in [0.2, 0.25) is 5.02 Å². The van der Waals surface area contributed by atoms with Gasteiger partial charge in [-0.05, 0) is 0 Å². The maximum atomic E-state index is 12.8. The average molecular weight is 408 g/mol. The Labute approximate surface area is 151 Å². The molecule has 122 valence electrons. The van der Waals surface area contributed by atoms with Crippen LogP contribution in [0.3, 0.4) is 0 Å². The fourth-order valence-corrected chi connectivity index (χ4v) is 3.16. The van der Waals surface area contributed by atoms with Crippen molar-refractivity contribution in [1.29, 1.82) is 0 Å². The Morgan fingerprint density at radius 2 is 1.67 bits per heavy atom. The van der Waals surface area contributed by atoms with Gasteiger partial charge in [0, 0.05) is 0 Å². The van der Waals surface area contributed by atoms with Crippen molar-refractivity contribution in [3.8, 4) is 11.5 Å². The number of benzene rings is 2. The molecule has 7 heteroatoms. The van der Waals surface area contributed by atoms with E-state index >= 15 is 0 Å². The van der Waals surface area contributed by atoms with Gasteiger partial charge in [-0.25, -0.2) is 0 Å².